The Balaban J connectivity index is 1.66. The Bertz CT molecular complexity index is 1280. The van der Waals surface area contributed by atoms with E-state index in [2.05, 4.69) is 26.2 Å². The molecule has 2 aromatic carbocycles. The molecule has 0 aliphatic rings. The highest BCUT2D eigenvalue weighted by molar-refractivity contribution is 9.10. The Morgan fingerprint density at radius 3 is 2.82 bits per heavy atom. The molecule has 1 amide bonds. The van der Waals surface area contributed by atoms with Gasteiger partial charge in [-0.1, -0.05) is 39.7 Å². The van der Waals surface area contributed by atoms with Gasteiger partial charge in [0.05, 0.1) is 5.69 Å². The maximum Gasteiger partial charge on any atom is 0.349 e. The molecule has 0 aliphatic carbocycles. The molecule has 140 valence electrons. The molecule has 0 saturated heterocycles. The van der Waals surface area contributed by atoms with Gasteiger partial charge in [0.25, 0.3) is 5.91 Å². The van der Waals surface area contributed by atoms with Gasteiger partial charge in [-0.2, -0.15) is 0 Å². The highest BCUT2D eigenvalue weighted by Gasteiger charge is 2.17. The standard InChI is InChI=1S/C20H12BrClN2O3S/c1-10-17(11-3-2-4-14(22)8-11)23-20(28-10)24-18(25)15-9-12-7-13(21)5-6-16(12)27-19(15)26/h2-9H,1H3,(H,23,24,25). The number of carbonyl (C=O) groups excluding carboxylic acids is 1. The van der Waals surface area contributed by atoms with Gasteiger partial charge in [-0.3, -0.25) is 10.1 Å². The zero-order chi connectivity index (χ0) is 19.8. The molecule has 0 atom stereocenters. The first-order chi connectivity index (χ1) is 13.4. The van der Waals surface area contributed by atoms with E-state index in [0.29, 0.717) is 21.1 Å². The van der Waals surface area contributed by atoms with E-state index in [9.17, 15) is 9.59 Å². The van der Waals surface area contributed by atoms with Gasteiger partial charge in [-0.25, -0.2) is 9.78 Å². The average molecular weight is 476 g/mol. The predicted molar refractivity (Wildman–Crippen MR) is 115 cm³/mol. The molecule has 4 aromatic rings. The van der Waals surface area contributed by atoms with Crippen LogP contribution in [0.25, 0.3) is 22.2 Å². The second-order valence-corrected chi connectivity index (χ2v) is 8.57. The Hall–Kier alpha value is -2.48. The molecule has 0 saturated carbocycles. The molecule has 2 aromatic heterocycles. The lowest BCUT2D eigenvalue weighted by Crippen LogP contribution is -2.20. The van der Waals surface area contributed by atoms with Crippen LogP contribution in [0.2, 0.25) is 5.02 Å². The number of rotatable bonds is 3. The molecule has 0 radical (unpaired) electrons. The maximum atomic E-state index is 12.6. The van der Waals surface area contributed by atoms with Crippen molar-refractivity contribution in [3.05, 3.63) is 78.9 Å². The lowest BCUT2D eigenvalue weighted by Gasteiger charge is -2.03. The van der Waals surface area contributed by atoms with Crippen molar-refractivity contribution in [3.63, 3.8) is 0 Å². The molecular formula is C20H12BrClN2O3S. The zero-order valence-corrected chi connectivity index (χ0v) is 17.6. The summed E-state index contributed by atoms with van der Waals surface area (Å²) in [5.41, 5.74) is 1.23. The van der Waals surface area contributed by atoms with E-state index in [1.807, 2.05) is 25.1 Å². The van der Waals surface area contributed by atoms with Crippen molar-refractivity contribution >= 4 is 60.9 Å². The highest BCUT2D eigenvalue weighted by Crippen LogP contribution is 2.31. The SMILES string of the molecule is Cc1sc(NC(=O)c2cc3cc(Br)ccc3oc2=O)nc1-c1cccc(Cl)c1. The molecule has 0 aliphatic heterocycles. The zero-order valence-electron chi connectivity index (χ0n) is 14.5. The Morgan fingerprint density at radius 2 is 2.04 bits per heavy atom. The molecule has 0 spiro atoms. The minimum Gasteiger partial charge on any atom is -0.422 e. The van der Waals surface area contributed by atoms with Crippen molar-refractivity contribution in [2.45, 2.75) is 6.92 Å². The van der Waals surface area contributed by atoms with Crippen molar-refractivity contribution in [3.8, 4) is 11.3 Å². The van der Waals surface area contributed by atoms with Crippen molar-refractivity contribution in [1.29, 1.82) is 0 Å². The van der Waals surface area contributed by atoms with Gasteiger partial charge in [0, 0.05) is 25.3 Å². The van der Waals surface area contributed by atoms with Gasteiger partial charge < -0.3 is 4.42 Å². The second kappa shape index (κ2) is 7.50. The van der Waals surface area contributed by atoms with Crippen LogP contribution in [-0.4, -0.2) is 10.9 Å². The minimum atomic E-state index is -0.698. The van der Waals surface area contributed by atoms with Crippen LogP contribution in [0.1, 0.15) is 15.2 Å². The number of fused-ring (bicyclic) bond motifs is 1. The highest BCUT2D eigenvalue weighted by atomic mass is 79.9. The van der Waals surface area contributed by atoms with E-state index >= 15 is 0 Å². The summed E-state index contributed by atoms with van der Waals surface area (Å²) in [5.74, 6) is -0.568. The third-order valence-electron chi connectivity index (χ3n) is 4.05. The summed E-state index contributed by atoms with van der Waals surface area (Å²) in [4.78, 5) is 30.3. The fourth-order valence-corrected chi connectivity index (χ4v) is 4.17. The number of aryl methyl sites for hydroxylation is 1. The van der Waals surface area contributed by atoms with Gasteiger partial charge in [-0.15, -0.1) is 11.3 Å². The number of thiazole rings is 1. The van der Waals surface area contributed by atoms with Crippen LogP contribution in [-0.2, 0) is 0 Å². The van der Waals surface area contributed by atoms with Crippen LogP contribution in [0.5, 0.6) is 0 Å². The summed E-state index contributed by atoms with van der Waals surface area (Å²) in [6.45, 7) is 1.91. The first-order valence-electron chi connectivity index (χ1n) is 8.19. The number of hydrogen-bond donors (Lipinski definition) is 1. The topological polar surface area (TPSA) is 72.2 Å². The number of carbonyl (C=O) groups is 1. The monoisotopic (exact) mass is 474 g/mol. The first-order valence-corrected chi connectivity index (χ1v) is 10.2. The Kier molecular flexibility index (Phi) is 5.05. The number of benzene rings is 2. The fourth-order valence-electron chi connectivity index (χ4n) is 2.77. The van der Waals surface area contributed by atoms with E-state index in [4.69, 9.17) is 16.0 Å². The third kappa shape index (κ3) is 3.73. The lowest BCUT2D eigenvalue weighted by atomic mass is 10.1. The summed E-state index contributed by atoms with van der Waals surface area (Å²) in [6.07, 6.45) is 0. The van der Waals surface area contributed by atoms with E-state index in [1.54, 1.807) is 24.3 Å². The summed E-state index contributed by atoms with van der Waals surface area (Å²) in [6, 6.07) is 14.1. The molecular weight excluding hydrogens is 464 g/mol. The first kappa shape index (κ1) is 18.9. The summed E-state index contributed by atoms with van der Waals surface area (Å²) >= 11 is 10.7. The number of aromatic nitrogens is 1. The molecule has 0 unspecified atom stereocenters. The minimum absolute atomic E-state index is 0.0808. The molecule has 0 bridgehead atoms. The van der Waals surface area contributed by atoms with Crippen LogP contribution in [0.15, 0.2) is 62.2 Å². The number of nitrogens with one attached hydrogen (secondary N) is 1. The Labute approximate surface area is 177 Å². The van der Waals surface area contributed by atoms with Crippen molar-refractivity contribution in [2.24, 2.45) is 0 Å². The van der Waals surface area contributed by atoms with Crippen LogP contribution in [0.4, 0.5) is 5.13 Å². The van der Waals surface area contributed by atoms with E-state index < -0.39 is 11.5 Å². The largest absolute Gasteiger partial charge is 0.422 e. The van der Waals surface area contributed by atoms with Crippen molar-refractivity contribution < 1.29 is 9.21 Å². The molecule has 5 nitrogen and oxygen atoms in total. The normalized spacial score (nSPS) is 11.0. The predicted octanol–water partition coefficient (Wildman–Crippen LogP) is 5.89. The number of nitrogens with zero attached hydrogens (tertiary/aromatic N) is 1. The van der Waals surface area contributed by atoms with Gasteiger partial charge in [-0.05, 0) is 43.3 Å². The number of anilines is 1. The maximum absolute atomic E-state index is 12.6. The van der Waals surface area contributed by atoms with Crippen molar-refractivity contribution in [1.82, 2.24) is 4.98 Å². The quantitative estimate of drug-likeness (QED) is 0.375. The second-order valence-electron chi connectivity index (χ2n) is 6.02. The lowest BCUT2D eigenvalue weighted by molar-refractivity contribution is 0.102. The van der Waals surface area contributed by atoms with Gasteiger partial charge in [0.2, 0.25) is 0 Å². The molecule has 28 heavy (non-hydrogen) atoms. The Morgan fingerprint density at radius 1 is 1.21 bits per heavy atom. The van der Waals surface area contributed by atoms with Crippen LogP contribution < -0.4 is 10.9 Å². The van der Waals surface area contributed by atoms with Crippen molar-refractivity contribution in [2.75, 3.05) is 5.32 Å². The van der Waals surface area contributed by atoms with Gasteiger partial charge >= 0.3 is 5.63 Å². The average Bonchev–Trinajstić information content (AvgIpc) is 3.01. The van der Waals surface area contributed by atoms with Crippen LogP contribution >= 0.6 is 38.9 Å². The van der Waals surface area contributed by atoms with E-state index in [0.717, 1.165) is 20.6 Å². The van der Waals surface area contributed by atoms with E-state index in [1.165, 1.54) is 17.4 Å². The van der Waals surface area contributed by atoms with Crippen LogP contribution in [0, 0.1) is 6.92 Å². The summed E-state index contributed by atoms with van der Waals surface area (Å²) < 4.78 is 6.07. The fraction of sp³-hybridized carbons (Fsp3) is 0.0500. The smallest absolute Gasteiger partial charge is 0.349 e. The molecule has 4 rings (SSSR count). The number of amides is 1. The molecule has 0 fully saturated rings. The molecule has 8 heteroatoms. The number of halogens is 2. The number of hydrogen-bond acceptors (Lipinski definition) is 5. The molecule has 1 N–H and O–H groups in total. The molecule has 2 heterocycles. The van der Waals surface area contributed by atoms with E-state index in [-0.39, 0.29) is 5.56 Å². The van der Waals surface area contributed by atoms with Gasteiger partial charge in [0.1, 0.15) is 11.1 Å². The van der Waals surface area contributed by atoms with Gasteiger partial charge in [0.15, 0.2) is 5.13 Å². The summed E-state index contributed by atoms with van der Waals surface area (Å²) in [7, 11) is 0. The van der Waals surface area contributed by atoms with Crippen LogP contribution in [0.3, 0.4) is 0 Å². The third-order valence-corrected chi connectivity index (χ3v) is 5.67. The summed E-state index contributed by atoms with van der Waals surface area (Å²) in [5, 5.41) is 4.34.